The van der Waals surface area contributed by atoms with Gasteiger partial charge < -0.3 is 15.9 Å². The van der Waals surface area contributed by atoms with Gasteiger partial charge in [0.05, 0.1) is 10.0 Å². The van der Waals surface area contributed by atoms with E-state index in [0.717, 1.165) is 0 Å². The second kappa shape index (κ2) is 5.14. The van der Waals surface area contributed by atoms with E-state index in [2.05, 4.69) is 22.5 Å². The highest BCUT2D eigenvalue weighted by molar-refractivity contribution is 9.10. The summed E-state index contributed by atoms with van der Waals surface area (Å²) in [6, 6.07) is 2.30. The lowest BCUT2D eigenvalue weighted by atomic mass is 9.97. The van der Waals surface area contributed by atoms with Crippen LogP contribution in [0.1, 0.15) is 28.4 Å². The number of phenolic OH excluding ortho intramolecular Hbond substituents is 1. The van der Waals surface area contributed by atoms with Crippen molar-refractivity contribution in [3.63, 3.8) is 0 Å². The molecule has 0 bridgehead atoms. The molecule has 1 rings (SSSR count). The van der Waals surface area contributed by atoms with Gasteiger partial charge in [-0.25, -0.2) is 4.79 Å². The number of rotatable bonds is 4. The number of hydrogen-bond acceptors (Lipinski definition) is 3. The largest absolute Gasteiger partial charge is 0.506 e. The minimum absolute atomic E-state index is 0.00931. The van der Waals surface area contributed by atoms with Crippen molar-refractivity contribution in [2.45, 2.75) is 12.5 Å². The number of carboxylic acids is 1. The zero-order chi connectivity index (χ0) is 12.3. The summed E-state index contributed by atoms with van der Waals surface area (Å²) in [7, 11) is 0. The van der Waals surface area contributed by atoms with Gasteiger partial charge in [-0.3, -0.25) is 0 Å². The summed E-state index contributed by atoms with van der Waals surface area (Å²) in [6.45, 7) is 3.53. The molecular weight excluding hydrogens is 274 g/mol. The quantitative estimate of drug-likeness (QED) is 0.742. The van der Waals surface area contributed by atoms with Gasteiger partial charge in [0.2, 0.25) is 0 Å². The second-order valence-corrected chi connectivity index (χ2v) is 4.15. The van der Waals surface area contributed by atoms with Crippen LogP contribution in [-0.2, 0) is 0 Å². The van der Waals surface area contributed by atoms with Gasteiger partial charge in [0.15, 0.2) is 0 Å². The molecule has 0 saturated heterocycles. The summed E-state index contributed by atoms with van der Waals surface area (Å²) in [4.78, 5) is 11.0. The fourth-order valence-electron chi connectivity index (χ4n) is 1.44. The van der Waals surface area contributed by atoms with Crippen molar-refractivity contribution in [1.29, 1.82) is 0 Å². The summed E-state index contributed by atoms with van der Waals surface area (Å²) >= 11 is 3.12. The molecule has 86 valence electrons. The maximum atomic E-state index is 11.0. The summed E-state index contributed by atoms with van der Waals surface area (Å²) in [5.74, 6) is -1.24. The van der Waals surface area contributed by atoms with Crippen LogP contribution in [0.5, 0.6) is 5.75 Å². The van der Waals surface area contributed by atoms with Crippen molar-refractivity contribution in [2.75, 3.05) is 0 Å². The molecule has 4 nitrogen and oxygen atoms in total. The van der Waals surface area contributed by atoms with Crippen LogP contribution in [0.25, 0.3) is 0 Å². The Balaban J connectivity index is 3.36. The normalized spacial score (nSPS) is 12.1. The smallest absolute Gasteiger partial charge is 0.336 e. The summed E-state index contributed by atoms with van der Waals surface area (Å²) in [5, 5.41) is 18.8. The third-order valence-electron chi connectivity index (χ3n) is 2.19. The van der Waals surface area contributed by atoms with Gasteiger partial charge in [-0.1, -0.05) is 6.08 Å². The van der Waals surface area contributed by atoms with Gasteiger partial charge >= 0.3 is 5.97 Å². The predicted molar refractivity (Wildman–Crippen MR) is 64.5 cm³/mol. The van der Waals surface area contributed by atoms with Crippen LogP contribution >= 0.6 is 15.9 Å². The minimum Gasteiger partial charge on any atom is -0.506 e. The Morgan fingerprint density at radius 1 is 1.62 bits per heavy atom. The van der Waals surface area contributed by atoms with E-state index in [9.17, 15) is 9.90 Å². The molecule has 1 atom stereocenters. The molecule has 0 unspecified atom stereocenters. The molecule has 0 aliphatic heterocycles. The number of benzene rings is 1. The fourth-order valence-corrected chi connectivity index (χ4v) is 1.79. The Bertz CT molecular complexity index is 431. The Kier molecular flexibility index (Phi) is 4.09. The lowest BCUT2D eigenvalue weighted by Crippen LogP contribution is -2.14. The maximum Gasteiger partial charge on any atom is 0.336 e. The van der Waals surface area contributed by atoms with Crippen molar-refractivity contribution < 1.29 is 15.0 Å². The van der Waals surface area contributed by atoms with Crippen LogP contribution in [0.2, 0.25) is 0 Å². The number of halogens is 1. The molecule has 0 saturated carbocycles. The Hall–Kier alpha value is -1.33. The lowest BCUT2D eigenvalue weighted by molar-refractivity contribution is 0.0694. The molecule has 4 N–H and O–H groups in total. The molecule has 0 radical (unpaired) electrons. The molecule has 0 heterocycles. The number of nitrogens with two attached hydrogens (primary N) is 1. The van der Waals surface area contributed by atoms with Crippen molar-refractivity contribution in [1.82, 2.24) is 0 Å². The molecule has 0 fully saturated rings. The van der Waals surface area contributed by atoms with Crippen molar-refractivity contribution in [3.8, 4) is 5.75 Å². The Morgan fingerprint density at radius 2 is 2.25 bits per heavy atom. The van der Waals surface area contributed by atoms with Crippen molar-refractivity contribution in [3.05, 3.63) is 40.4 Å². The van der Waals surface area contributed by atoms with Gasteiger partial charge in [0, 0.05) is 11.6 Å². The van der Waals surface area contributed by atoms with E-state index in [4.69, 9.17) is 10.8 Å². The third-order valence-corrected chi connectivity index (χ3v) is 2.83. The number of phenols is 1. The van der Waals surface area contributed by atoms with Gasteiger partial charge in [-0.2, -0.15) is 0 Å². The molecule has 5 heteroatoms. The average Bonchev–Trinajstić information content (AvgIpc) is 2.21. The van der Waals surface area contributed by atoms with E-state index in [-0.39, 0.29) is 16.9 Å². The first-order valence-corrected chi connectivity index (χ1v) is 5.39. The van der Waals surface area contributed by atoms with Crippen molar-refractivity contribution >= 4 is 21.9 Å². The Morgan fingerprint density at radius 3 is 2.75 bits per heavy atom. The van der Waals surface area contributed by atoms with Crippen LogP contribution in [0.15, 0.2) is 29.3 Å². The van der Waals surface area contributed by atoms with E-state index in [1.54, 1.807) is 6.08 Å². The highest BCUT2D eigenvalue weighted by atomic mass is 79.9. The van der Waals surface area contributed by atoms with Crippen molar-refractivity contribution in [2.24, 2.45) is 5.73 Å². The third kappa shape index (κ3) is 2.43. The second-order valence-electron chi connectivity index (χ2n) is 3.29. The SMILES string of the molecule is C=CC[C@H](N)c1c(C(=O)O)ccc(Br)c1O. The Labute approximate surface area is 102 Å². The van der Waals surface area contributed by atoms with Crippen LogP contribution < -0.4 is 5.73 Å². The van der Waals surface area contributed by atoms with E-state index < -0.39 is 12.0 Å². The fraction of sp³-hybridized carbons (Fsp3) is 0.182. The molecule has 1 aromatic rings. The monoisotopic (exact) mass is 285 g/mol. The highest BCUT2D eigenvalue weighted by Crippen LogP contribution is 2.35. The zero-order valence-corrected chi connectivity index (χ0v) is 10.1. The summed E-state index contributed by atoms with van der Waals surface area (Å²) < 4.78 is 0.423. The van der Waals surface area contributed by atoms with E-state index in [1.807, 2.05) is 0 Å². The molecule has 0 aliphatic rings. The number of hydrogen-bond donors (Lipinski definition) is 3. The van der Waals surface area contributed by atoms with Gasteiger partial charge in [-0.05, 0) is 34.5 Å². The molecule has 0 amide bonds. The van der Waals surface area contributed by atoms with Crippen LogP contribution in [0.3, 0.4) is 0 Å². The summed E-state index contributed by atoms with van der Waals surface area (Å²) in [6.07, 6.45) is 1.97. The topological polar surface area (TPSA) is 83.6 Å². The van der Waals surface area contributed by atoms with E-state index in [0.29, 0.717) is 10.9 Å². The lowest BCUT2D eigenvalue weighted by Gasteiger charge is -2.15. The standard InChI is InChI=1S/C11H12BrNO3/c1-2-3-8(13)9-6(11(15)16)4-5-7(12)10(9)14/h2,4-5,8,14H,1,3,13H2,(H,15,16)/t8-/m0/s1. The number of aromatic carboxylic acids is 1. The van der Waals surface area contributed by atoms with Crippen LogP contribution in [0, 0.1) is 0 Å². The van der Waals surface area contributed by atoms with Gasteiger partial charge in [-0.15, -0.1) is 6.58 Å². The molecule has 0 aromatic heterocycles. The first-order chi connectivity index (χ1) is 7.49. The van der Waals surface area contributed by atoms with Crippen LogP contribution in [-0.4, -0.2) is 16.2 Å². The molecule has 0 spiro atoms. The minimum atomic E-state index is -1.11. The number of carboxylic acid groups (broad SMARTS) is 1. The molecule has 0 aliphatic carbocycles. The van der Waals surface area contributed by atoms with E-state index >= 15 is 0 Å². The molecular formula is C11H12BrNO3. The first kappa shape index (κ1) is 12.7. The maximum absolute atomic E-state index is 11.0. The van der Waals surface area contributed by atoms with Crippen LogP contribution in [0.4, 0.5) is 0 Å². The molecule has 1 aromatic carbocycles. The van der Waals surface area contributed by atoms with Gasteiger partial charge in [0.25, 0.3) is 0 Å². The number of aromatic hydroxyl groups is 1. The summed E-state index contributed by atoms with van der Waals surface area (Å²) in [5.41, 5.74) is 6.03. The van der Waals surface area contributed by atoms with E-state index in [1.165, 1.54) is 12.1 Å². The number of carbonyl (C=O) groups is 1. The molecule has 16 heavy (non-hydrogen) atoms. The average molecular weight is 286 g/mol. The highest BCUT2D eigenvalue weighted by Gasteiger charge is 2.20. The predicted octanol–water partition coefficient (Wildman–Crippen LogP) is 2.43. The van der Waals surface area contributed by atoms with Gasteiger partial charge in [0.1, 0.15) is 5.75 Å². The zero-order valence-electron chi connectivity index (χ0n) is 8.48. The first-order valence-electron chi connectivity index (χ1n) is 4.60.